The second kappa shape index (κ2) is 4.85. The number of para-hydroxylation sites is 1. The summed E-state index contributed by atoms with van der Waals surface area (Å²) in [5.41, 5.74) is 6.90. The first kappa shape index (κ1) is 12.5. The second-order valence-corrected chi connectivity index (χ2v) is 5.73. The maximum atomic E-state index is 12.3. The molecule has 0 spiro atoms. The van der Waals surface area contributed by atoms with Gasteiger partial charge in [0.2, 0.25) is 0 Å². The maximum absolute atomic E-state index is 12.3. The van der Waals surface area contributed by atoms with Gasteiger partial charge in [0.15, 0.2) is 6.10 Å². The van der Waals surface area contributed by atoms with E-state index in [0.717, 1.165) is 30.7 Å². The molecule has 1 atom stereocenters. The first-order valence-electron chi connectivity index (χ1n) is 6.88. The number of carbonyl (C=O) groups excluding carboxylic acids is 1. The van der Waals surface area contributed by atoms with E-state index < -0.39 is 0 Å². The molecule has 2 N–H and O–H groups in total. The topological polar surface area (TPSA) is 55.6 Å². The molecule has 1 unspecified atom stereocenters. The van der Waals surface area contributed by atoms with Gasteiger partial charge in [-0.1, -0.05) is 18.2 Å². The Kier molecular flexibility index (Phi) is 3.19. The van der Waals surface area contributed by atoms with E-state index in [9.17, 15) is 4.79 Å². The third-order valence-electron chi connectivity index (χ3n) is 4.10. The highest BCUT2D eigenvalue weighted by molar-refractivity contribution is 5.82. The normalized spacial score (nSPS) is 28.2. The van der Waals surface area contributed by atoms with Crippen LogP contribution in [0.1, 0.15) is 18.4 Å². The van der Waals surface area contributed by atoms with Crippen LogP contribution in [0.5, 0.6) is 5.75 Å². The highest BCUT2D eigenvalue weighted by Gasteiger charge is 2.33. The third-order valence-corrected chi connectivity index (χ3v) is 4.10. The fourth-order valence-corrected chi connectivity index (χ4v) is 2.98. The molecule has 4 heteroatoms. The number of fused-ring (bicyclic) bond motifs is 1. The molecule has 1 amide bonds. The zero-order chi connectivity index (χ0) is 13.4. The average Bonchev–Trinajstić information content (AvgIpc) is 2.79. The molecule has 1 aliphatic carbocycles. The molecule has 0 aromatic heterocycles. The first-order valence-corrected chi connectivity index (χ1v) is 6.88. The van der Waals surface area contributed by atoms with Gasteiger partial charge >= 0.3 is 0 Å². The minimum absolute atomic E-state index is 0.0803. The Morgan fingerprint density at radius 1 is 1.42 bits per heavy atom. The SMILES string of the molecule is CN(CC1CC(N)C1)C(=O)C1Cc2ccccc2O1. The molecule has 1 saturated carbocycles. The summed E-state index contributed by atoms with van der Waals surface area (Å²) in [6.07, 6.45) is 2.40. The van der Waals surface area contributed by atoms with Crippen molar-refractivity contribution in [3.05, 3.63) is 29.8 Å². The molecule has 3 rings (SSSR count). The number of rotatable bonds is 3. The van der Waals surface area contributed by atoms with Crippen LogP contribution in [0.2, 0.25) is 0 Å². The van der Waals surface area contributed by atoms with Gasteiger partial charge in [0.05, 0.1) is 0 Å². The Hall–Kier alpha value is -1.55. The lowest BCUT2D eigenvalue weighted by Gasteiger charge is -2.35. The Bertz CT molecular complexity index is 458. The largest absolute Gasteiger partial charge is 0.480 e. The second-order valence-electron chi connectivity index (χ2n) is 5.73. The standard InChI is InChI=1S/C15H20N2O2/c1-17(9-10-6-12(16)7-10)15(18)14-8-11-4-2-3-5-13(11)19-14/h2-5,10,12,14H,6-9,16H2,1H3. The molecule has 0 saturated heterocycles. The van der Waals surface area contributed by atoms with E-state index in [1.807, 2.05) is 31.3 Å². The maximum Gasteiger partial charge on any atom is 0.263 e. The molecule has 1 aromatic rings. The zero-order valence-corrected chi connectivity index (χ0v) is 11.2. The lowest BCUT2D eigenvalue weighted by atomic mass is 9.80. The number of benzene rings is 1. The van der Waals surface area contributed by atoms with Crippen LogP contribution in [-0.4, -0.2) is 36.5 Å². The Labute approximate surface area is 113 Å². The molecule has 19 heavy (non-hydrogen) atoms. The molecule has 102 valence electrons. The zero-order valence-electron chi connectivity index (χ0n) is 11.2. The number of hydrogen-bond acceptors (Lipinski definition) is 3. The lowest BCUT2D eigenvalue weighted by molar-refractivity contribution is -0.137. The molecule has 1 aromatic carbocycles. The first-order chi connectivity index (χ1) is 9.13. The minimum atomic E-state index is -0.351. The summed E-state index contributed by atoms with van der Waals surface area (Å²) in [7, 11) is 1.86. The molecule has 0 bridgehead atoms. The van der Waals surface area contributed by atoms with Gasteiger partial charge in [-0.3, -0.25) is 4.79 Å². The number of nitrogens with two attached hydrogens (primary N) is 1. The molecular weight excluding hydrogens is 240 g/mol. The van der Waals surface area contributed by atoms with E-state index in [4.69, 9.17) is 10.5 Å². The van der Waals surface area contributed by atoms with Crippen molar-refractivity contribution in [2.75, 3.05) is 13.6 Å². The number of amides is 1. The van der Waals surface area contributed by atoms with E-state index >= 15 is 0 Å². The van der Waals surface area contributed by atoms with Crippen molar-refractivity contribution in [2.24, 2.45) is 11.7 Å². The number of ether oxygens (including phenoxy) is 1. The predicted molar refractivity (Wildman–Crippen MR) is 72.9 cm³/mol. The fraction of sp³-hybridized carbons (Fsp3) is 0.533. The summed E-state index contributed by atoms with van der Waals surface area (Å²) in [6, 6.07) is 8.20. The van der Waals surface area contributed by atoms with Crippen molar-refractivity contribution in [3.8, 4) is 5.75 Å². The summed E-state index contributed by atoms with van der Waals surface area (Å²) in [4.78, 5) is 14.1. The van der Waals surface area contributed by atoms with Crippen LogP contribution in [-0.2, 0) is 11.2 Å². The summed E-state index contributed by atoms with van der Waals surface area (Å²) >= 11 is 0. The van der Waals surface area contributed by atoms with Gasteiger partial charge < -0.3 is 15.4 Å². The van der Waals surface area contributed by atoms with Gasteiger partial charge in [0.1, 0.15) is 5.75 Å². The van der Waals surface area contributed by atoms with Gasteiger partial charge in [-0.15, -0.1) is 0 Å². The summed E-state index contributed by atoms with van der Waals surface area (Å²) in [5.74, 6) is 1.49. The van der Waals surface area contributed by atoms with E-state index in [1.165, 1.54) is 0 Å². The van der Waals surface area contributed by atoms with Gasteiger partial charge in [-0.05, 0) is 30.4 Å². The Balaban J connectivity index is 1.57. The molecule has 4 nitrogen and oxygen atoms in total. The third kappa shape index (κ3) is 2.45. The lowest BCUT2D eigenvalue weighted by Crippen LogP contribution is -2.46. The van der Waals surface area contributed by atoms with Crippen molar-refractivity contribution in [1.29, 1.82) is 0 Å². The van der Waals surface area contributed by atoms with Crippen LogP contribution in [0.4, 0.5) is 0 Å². The Morgan fingerprint density at radius 2 is 2.16 bits per heavy atom. The van der Waals surface area contributed by atoms with Gasteiger partial charge in [0, 0.05) is 26.1 Å². The number of nitrogens with zero attached hydrogens (tertiary/aromatic N) is 1. The van der Waals surface area contributed by atoms with Gasteiger partial charge in [-0.25, -0.2) is 0 Å². The summed E-state index contributed by atoms with van der Waals surface area (Å²) < 4.78 is 5.73. The molecular formula is C15H20N2O2. The predicted octanol–water partition coefficient (Wildman–Crippen LogP) is 1.19. The minimum Gasteiger partial charge on any atom is -0.480 e. The van der Waals surface area contributed by atoms with Gasteiger partial charge in [-0.2, -0.15) is 0 Å². The molecule has 1 fully saturated rings. The van der Waals surface area contributed by atoms with Crippen molar-refractivity contribution in [2.45, 2.75) is 31.4 Å². The quantitative estimate of drug-likeness (QED) is 0.888. The Morgan fingerprint density at radius 3 is 2.84 bits per heavy atom. The highest BCUT2D eigenvalue weighted by Crippen LogP contribution is 2.30. The summed E-state index contributed by atoms with van der Waals surface area (Å²) in [5, 5.41) is 0. The van der Waals surface area contributed by atoms with E-state index in [0.29, 0.717) is 18.4 Å². The smallest absolute Gasteiger partial charge is 0.263 e. The average molecular weight is 260 g/mol. The van der Waals surface area contributed by atoms with E-state index in [2.05, 4.69) is 0 Å². The molecule has 1 aliphatic heterocycles. The fourth-order valence-electron chi connectivity index (χ4n) is 2.98. The van der Waals surface area contributed by atoms with Crippen molar-refractivity contribution < 1.29 is 9.53 Å². The number of carbonyl (C=O) groups is 1. The van der Waals surface area contributed by atoms with E-state index in [1.54, 1.807) is 4.90 Å². The molecule has 1 heterocycles. The van der Waals surface area contributed by atoms with Crippen LogP contribution in [0, 0.1) is 5.92 Å². The van der Waals surface area contributed by atoms with Crippen LogP contribution in [0.25, 0.3) is 0 Å². The van der Waals surface area contributed by atoms with Crippen LogP contribution in [0.15, 0.2) is 24.3 Å². The summed E-state index contributed by atoms with van der Waals surface area (Å²) in [6.45, 7) is 0.794. The monoisotopic (exact) mass is 260 g/mol. The van der Waals surface area contributed by atoms with Crippen LogP contribution < -0.4 is 10.5 Å². The van der Waals surface area contributed by atoms with Crippen molar-refractivity contribution >= 4 is 5.91 Å². The van der Waals surface area contributed by atoms with Gasteiger partial charge in [0.25, 0.3) is 5.91 Å². The van der Waals surface area contributed by atoms with Crippen LogP contribution >= 0.6 is 0 Å². The molecule has 0 radical (unpaired) electrons. The van der Waals surface area contributed by atoms with Crippen molar-refractivity contribution in [1.82, 2.24) is 4.90 Å². The number of likely N-dealkylation sites (N-methyl/N-ethyl adjacent to an activating group) is 1. The van der Waals surface area contributed by atoms with Crippen molar-refractivity contribution in [3.63, 3.8) is 0 Å². The molecule has 2 aliphatic rings. The highest BCUT2D eigenvalue weighted by atomic mass is 16.5. The van der Waals surface area contributed by atoms with Crippen LogP contribution in [0.3, 0.4) is 0 Å². The number of hydrogen-bond donors (Lipinski definition) is 1. The van der Waals surface area contributed by atoms with E-state index in [-0.39, 0.29) is 12.0 Å².